The van der Waals surface area contributed by atoms with E-state index in [0.29, 0.717) is 11.2 Å². The van der Waals surface area contributed by atoms with Gasteiger partial charge in [0.05, 0.1) is 11.9 Å². The summed E-state index contributed by atoms with van der Waals surface area (Å²) in [5.74, 6) is 0.0544. The van der Waals surface area contributed by atoms with Gasteiger partial charge in [0.2, 0.25) is 0 Å². The van der Waals surface area contributed by atoms with E-state index >= 15 is 0 Å². The molecule has 0 bridgehead atoms. The second-order valence-corrected chi connectivity index (χ2v) is 4.78. The Morgan fingerprint density at radius 3 is 2.73 bits per heavy atom. The van der Waals surface area contributed by atoms with Gasteiger partial charge < -0.3 is 10.6 Å². The van der Waals surface area contributed by atoms with Crippen LogP contribution in [0.15, 0.2) is 48.8 Å². The molecule has 3 aromatic heterocycles. The quantitative estimate of drug-likeness (QED) is 0.535. The van der Waals surface area contributed by atoms with Crippen LogP contribution in [-0.2, 0) is 0 Å². The molecule has 0 saturated carbocycles. The topological polar surface area (TPSA) is 97.9 Å². The first-order valence-electron chi connectivity index (χ1n) is 6.55. The molecule has 7 nitrogen and oxygen atoms in total. The zero-order valence-electron chi connectivity index (χ0n) is 11.7. The Morgan fingerprint density at radius 1 is 1.14 bits per heavy atom. The molecular weight excluding hydrogens is 282 g/mol. The summed E-state index contributed by atoms with van der Waals surface area (Å²) in [5, 5.41) is 15.0. The fraction of sp³-hybridized carbons (Fsp3) is 0.0667. The third-order valence-corrected chi connectivity index (χ3v) is 3.43. The maximum atomic E-state index is 10.5. The van der Waals surface area contributed by atoms with E-state index < -0.39 is 0 Å². The number of hydrogen-bond acceptors (Lipinski definition) is 5. The average molecular weight is 295 g/mol. The summed E-state index contributed by atoms with van der Waals surface area (Å²) in [6.45, 7) is 1.86. The predicted molar refractivity (Wildman–Crippen MR) is 78.2 cm³/mol. The largest absolute Gasteiger partial charge is 0.870 e. The second-order valence-electron chi connectivity index (χ2n) is 4.78. The Kier molecular flexibility index (Phi) is 3.19. The fourth-order valence-corrected chi connectivity index (χ4v) is 2.48. The summed E-state index contributed by atoms with van der Waals surface area (Å²) in [6.07, 6.45) is 3.33. The lowest BCUT2D eigenvalue weighted by molar-refractivity contribution is -0.556. The molecular formula is C15H13N5O2. The van der Waals surface area contributed by atoms with Crippen molar-refractivity contribution in [2.24, 2.45) is 0 Å². The zero-order chi connectivity index (χ0) is 14.4. The van der Waals surface area contributed by atoms with E-state index in [2.05, 4.69) is 15.2 Å². The van der Waals surface area contributed by atoms with Gasteiger partial charge in [-0.25, -0.2) is 4.98 Å². The zero-order valence-corrected chi connectivity index (χ0v) is 11.7. The van der Waals surface area contributed by atoms with Crippen molar-refractivity contribution in [3.63, 3.8) is 0 Å². The molecule has 1 aromatic carbocycles. The minimum atomic E-state index is 0. The number of rotatable bonds is 1. The SMILES string of the molecule is Cc1nc2ccccc2[n+]2nn(-c3cccnc3)c(O)c12.[OH-]. The number of aryl methyl sites for hydroxylation is 1. The van der Waals surface area contributed by atoms with Crippen molar-refractivity contribution < 1.29 is 15.1 Å². The van der Waals surface area contributed by atoms with Crippen LogP contribution in [0.2, 0.25) is 0 Å². The van der Waals surface area contributed by atoms with Crippen LogP contribution in [0.1, 0.15) is 5.69 Å². The van der Waals surface area contributed by atoms with Gasteiger partial charge in [0.15, 0.2) is 11.2 Å². The molecule has 0 fully saturated rings. The standard InChI is InChI=1S/C15H11N5O.H2O/c1-10-14-15(21)19(11-5-4-8-16-9-11)18-20(14)13-7-3-2-6-12(13)17-10;/h2-9H,1H3;1H2. The molecule has 4 rings (SSSR count). The van der Waals surface area contributed by atoms with Crippen LogP contribution < -0.4 is 4.52 Å². The Bertz CT molecular complexity index is 966. The lowest BCUT2D eigenvalue weighted by Crippen LogP contribution is -2.27. The Morgan fingerprint density at radius 2 is 1.95 bits per heavy atom. The molecule has 0 aliphatic heterocycles. The first-order valence-corrected chi connectivity index (χ1v) is 6.55. The molecule has 0 amide bonds. The highest BCUT2D eigenvalue weighted by atomic mass is 16.3. The van der Waals surface area contributed by atoms with E-state index in [-0.39, 0.29) is 11.4 Å². The lowest BCUT2D eigenvalue weighted by Gasteiger charge is -1.96. The van der Waals surface area contributed by atoms with Crippen molar-refractivity contribution in [2.45, 2.75) is 6.92 Å². The van der Waals surface area contributed by atoms with Gasteiger partial charge in [0.25, 0.3) is 5.52 Å². The number of nitrogens with zero attached hydrogens (tertiary/aromatic N) is 5. The Balaban J connectivity index is 0.00000144. The van der Waals surface area contributed by atoms with E-state index in [0.717, 1.165) is 16.7 Å². The van der Waals surface area contributed by atoms with Gasteiger partial charge in [-0.2, -0.15) is 0 Å². The minimum absolute atomic E-state index is 0. The predicted octanol–water partition coefficient (Wildman–Crippen LogP) is 1.39. The smallest absolute Gasteiger partial charge is 0.361 e. The molecule has 7 heteroatoms. The monoisotopic (exact) mass is 295 g/mol. The first-order chi connectivity index (χ1) is 10.3. The van der Waals surface area contributed by atoms with Crippen LogP contribution in [0, 0.1) is 6.92 Å². The number of pyridine rings is 1. The van der Waals surface area contributed by atoms with E-state index in [1.54, 1.807) is 23.0 Å². The van der Waals surface area contributed by atoms with Gasteiger partial charge in [-0.3, -0.25) is 4.98 Å². The van der Waals surface area contributed by atoms with Gasteiger partial charge in [-0.05, 0) is 31.2 Å². The fourth-order valence-electron chi connectivity index (χ4n) is 2.48. The number of aromatic hydroxyl groups is 1. The highest BCUT2D eigenvalue weighted by Crippen LogP contribution is 2.22. The summed E-state index contributed by atoms with van der Waals surface area (Å²) in [5.41, 5.74) is 3.69. The van der Waals surface area contributed by atoms with Crippen molar-refractivity contribution in [1.82, 2.24) is 19.9 Å². The number of aromatic nitrogens is 5. The summed E-state index contributed by atoms with van der Waals surface area (Å²) in [7, 11) is 0. The van der Waals surface area contributed by atoms with Gasteiger partial charge in [-0.1, -0.05) is 21.3 Å². The normalized spacial score (nSPS) is 10.8. The van der Waals surface area contributed by atoms with E-state index in [9.17, 15) is 5.11 Å². The van der Waals surface area contributed by atoms with Crippen LogP contribution in [0.4, 0.5) is 0 Å². The molecule has 0 atom stereocenters. The maximum Gasteiger partial charge on any atom is 0.361 e. The van der Waals surface area contributed by atoms with Crippen molar-refractivity contribution >= 4 is 16.6 Å². The van der Waals surface area contributed by atoms with Gasteiger partial charge in [0.1, 0.15) is 10.7 Å². The third-order valence-electron chi connectivity index (χ3n) is 3.43. The molecule has 0 spiro atoms. The van der Waals surface area contributed by atoms with Crippen molar-refractivity contribution in [1.29, 1.82) is 0 Å². The van der Waals surface area contributed by atoms with Crippen LogP contribution >= 0.6 is 0 Å². The van der Waals surface area contributed by atoms with Crippen LogP contribution in [0.5, 0.6) is 5.88 Å². The van der Waals surface area contributed by atoms with Gasteiger partial charge in [-0.15, -0.1) is 0 Å². The van der Waals surface area contributed by atoms with Crippen LogP contribution in [0.3, 0.4) is 0 Å². The maximum absolute atomic E-state index is 10.5. The first kappa shape index (κ1) is 13.9. The number of fused-ring (bicyclic) bond motifs is 3. The molecule has 2 N–H and O–H groups in total. The molecule has 0 unspecified atom stereocenters. The summed E-state index contributed by atoms with van der Waals surface area (Å²) in [6, 6.07) is 11.3. The summed E-state index contributed by atoms with van der Waals surface area (Å²) >= 11 is 0. The number of para-hydroxylation sites is 2. The highest BCUT2D eigenvalue weighted by Gasteiger charge is 2.25. The average Bonchev–Trinajstić information content (AvgIpc) is 2.87. The molecule has 0 aliphatic rings. The third kappa shape index (κ3) is 1.87. The van der Waals surface area contributed by atoms with Crippen LogP contribution in [-0.4, -0.2) is 30.4 Å². The molecule has 0 aliphatic carbocycles. The molecule has 110 valence electrons. The number of hydrogen-bond donors (Lipinski definition) is 1. The Hall–Kier alpha value is -3.06. The molecule has 4 aromatic rings. The molecule has 22 heavy (non-hydrogen) atoms. The van der Waals surface area contributed by atoms with Crippen LogP contribution in [0.25, 0.3) is 22.2 Å². The summed E-state index contributed by atoms with van der Waals surface area (Å²) in [4.78, 5) is 8.58. The highest BCUT2D eigenvalue weighted by molar-refractivity contribution is 5.74. The van der Waals surface area contributed by atoms with Gasteiger partial charge >= 0.3 is 5.88 Å². The summed E-state index contributed by atoms with van der Waals surface area (Å²) < 4.78 is 3.17. The van der Waals surface area contributed by atoms with Gasteiger partial charge in [0, 0.05) is 6.20 Å². The van der Waals surface area contributed by atoms with Crippen molar-refractivity contribution in [3.8, 4) is 11.6 Å². The van der Waals surface area contributed by atoms with Crippen molar-refractivity contribution in [2.75, 3.05) is 0 Å². The Labute approximate surface area is 125 Å². The van der Waals surface area contributed by atoms with E-state index in [1.807, 2.05) is 37.3 Å². The second kappa shape index (κ2) is 5.05. The van der Waals surface area contributed by atoms with E-state index in [4.69, 9.17) is 0 Å². The molecule has 0 radical (unpaired) electrons. The van der Waals surface area contributed by atoms with Crippen molar-refractivity contribution in [3.05, 3.63) is 54.5 Å². The van der Waals surface area contributed by atoms with E-state index in [1.165, 1.54) is 4.68 Å². The lowest BCUT2D eigenvalue weighted by atomic mass is 10.2. The molecule has 0 saturated heterocycles. The minimum Gasteiger partial charge on any atom is -0.870 e. The molecule has 3 heterocycles. The number of benzene rings is 1.